The van der Waals surface area contributed by atoms with Gasteiger partial charge in [-0.25, -0.2) is 0 Å². The summed E-state index contributed by atoms with van der Waals surface area (Å²) in [4.78, 5) is 19.6. The van der Waals surface area contributed by atoms with Crippen LogP contribution in [0.25, 0.3) is 10.8 Å². The van der Waals surface area contributed by atoms with E-state index in [0.29, 0.717) is 11.3 Å². The zero-order valence-electron chi connectivity index (χ0n) is 14.1. The lowest BCUT2D eigenvalue weighted by Gasteiger charge is -2.28. The Labute approximate surface area is 163 Å². The summed E-state index contributed by atoms with van der Waals surface area (Å²) >= 11 is 3.53. The zero-order valence-corrected chi connectivity index (χ0v) is 15.7. The molecule has 1 aliphatic heterocycles. The van der Waals surface area contributed by atoms with Crippen LogP contribution in [0.2, 0.25) is 0 Å². The maximum Gasteiger partial charge on any atom is 0.260 e. The molecule has 0 saturated heterocycles. The molecule has 3 aromatic carbocycles. The van der Waals surface area contributed by atoms with Crippen molar-refractivity contribution in [2.45, 2.75) is 5.92 Å². The van der Waals surface area contributed by atoms with Crippen molar-refractivity contribution in [2.75, 3.05) is 5.73 Å². The normalized spacial score (nSPS) is 15.1. The van der Waals surface area contributed by atoms with Gasteiger partial charge in [0, 0.05) is 21.3 Å². The molecule has 3 N–H and O–H groups in total. The number of anilines is 1. The number of fused-ring (bicyclic) bond motifs is 4. The first-order valence-corrected chi connectivity index (χ1v) is 9.26. The Balaban J connectivity index is 1.87. The highest BCUT2D eigenvalue weighted by Crippen LogP contribution is 2.48. The minimum atomic E-state index is -0.303. The van der Waals surface area contributed by atoms with Gasteiger partial charge in [-0.3, -0.25) is 9.78 Å². The monoisotopic (exact) mass is 419 g/mol. The van der Waals surface area contributed by atoms with Crippen LogP contribution >= 0.6 is 15.9 Å². The van der Waals surface area contributed by atoms with Crippen molar-refractivity contribution in [3.05, 3.63) is 92.2 Å². The van der Waals surface area contributed by atoms with E-state index in [4.69, 9.17) is 10.5 Å². The number of halogens is 1. The molecule has 6 heteroatoms. The quantitative estimate of drug-likeness (QED) is 0.417. The van der Waals surface area contributed by atoms with Crippen LogP contribution in [0.4, 0.5) is 5.95 Å². The zero-order chi connectivity index (χ0) is 18.5. The van der Waals surface area contributed by atoms with Gasteiger partial charge in [0.25, 0.3) is 5.56 Å². The van der Waals surface area contributed by atoms with Crippen LogP contribution in [0.5, 0.6) is 11.6 Å². The van der Waals surface area contributed by atoms with Crippen LogP contribution in [0, 0.1) is 0 Å². The predicted molar refractivity (Wildman–Crippen MR) is 108 cm³/mol. The van der Waals surface area contributed by atoms with Gasteiger partial charge in [-0.05, 0) is 23.1 Å². The lowest BCUT2D eigenvalue weighted by Crippen LogP contribution is -2.25. The highest BCUT2D eigenvalue weighted by molar-refractivity contribution is 9.10. The fraction of sp³-hybridized carbons (Fsp3) is 0.0476. The van der Waals surface area contributed by atoms with Crippen molar-refractivity contribution in [1.29, 1.82) is 0 Å². The molecule has 1 unspecified atom stereocenters. The first kappa shape index (κ1) is 16.1. The fourth-order valence-corrected chi connectivity index (χ4v) is 4.11. The van der Waals surface area contributed by atoms with Crippen LogP contribution < -0.4 is 16.0 Å². The SMILES string of the molecule is Nc1nc2c(c(=O)[nH]1)C(c1cccc(Br)c1)c1ccc3ccccc3c1O2. The highest BCUT2D eigenvalue weighted by Gasteiger charge is 2.33. The van der Waals surface area contributed by atoms with Crippen molar-refractivity contribution in [3.63, 3.8) is 0 Å². The minimum absolute atomic E-state index is 0.0374. The third-order valence-corrected chi connectivity index (χ3v) is 5.32. The standard InChI is InChI=1S/C21H14BrN3O2/c22-13-6-3-5-12(10-13)16-15-9-8-11-4-1-2-7-14(11)18(15)27-20-17(16)19(26)24-21(23)25-20/h1-10,16H,(H3,23,24,25,26). The van der Waals surface area contributed by atoms with Gasteiger partial charge in [-0.2, -0.15) is 4.98 Å². The number of nitrogens with zero attached hydrogens (tertiary/aromatic N) is 1. The number of hydrogen-bond donors (Lipinski definition) is 2. The average molecular weight is 420 g/mol. The van der Waals surface area contributed by atoms with Gasteiger partial charge < -0.3 is 10.5 Å². The van der Waals surface area contributed by atoms with E-state index in [2.05, 4.69) is 25.9 Å². The van der Waals surface area contributed by atoms with E-state index in [1.807, 2.05) is 60.7 Å². The smallest absolute Gasteiger partial charge is 0.260 e. The number of rotatable bonds is 1. The maximum atomic E-state index is 12.8. The minimum Gasteiger partial charge on any atom is -0.437 e. The molecular weight excluding hydrogens is 406 g/mol. The van der Waals surface area contributed by atoms with Gasteiger partial charge >= 0.3 is 0 Å². The second kappa shape index (κ2) is 5.96. The van der Waals surface area contributed by atoms with Gasteiger partial charge in [-0.1, -0.05) is 64.5 Å². The first-order chi connectivity index (χ1) is 13.1. The van der Waals surface area contributed by atoms with Crippen LogP contribution in [-0.2, 0) is 0 Å². The topological polar surface area (TPSA) is 81.0 Å². The molecular formula is C21H14BrN3O2. The molecule has 2 heterocycles. The average Bonchev–Trinajstić information content (AvgIpc) is 2.66. The second-order valence-electron chi connectivity index (χ2n) is 6.47. The molecule has 1 aromatic heterocycles. The van der Waals surface area contributed by atoms with Crippen molar-refractivity contribution in [3.8, 4) is 11.6 Å². The molecule has 0 radical (unpaired) electrons. The summed E-state index contributed by atoms with van der Waals surface area (Å²) in [5, 5.41) is 2.03. The molecule has 0 spiro atoms. The number of ether oxygens (including phenoxy) is 1. The van der Waals surface area contributed by atoms with Gasteiger partial charge in [0.15, 0.2) is 0 Å². The molecule has 1 aliphatic rings. The summed E-state index contributed by atoms with van der Waals surface area (Å²) in [6.07, 6.45) is 0. The summed E-state index contributed by atoms with van der Waals surface area (Å²) < 4.78 is 7.05. The van der Waals surface area contributed by atoms with Gasteiger partial charge in [0.05, 0.1) is 5.56 Å². The summed E-state index contributed by atoms with van der Waals surface area (Å²) in [5.74, 6) is 0.700. The van der Waals surface area contributed by atoms with Gasteiger partial charge in [-0.15, -0.1) is 0 Å². The van der Waals surface area contributed by atoms with E-state index in [1.54, 1.807) is 0 Å². The Morgan fingerprint density at radius 3 is 2.78 bits per heavy atom. The van der Waals surface area contributed by atoms with Crippen LogP contribution in [0.3, 0.4) is 0 Å². The van der Waals surface area contributed by atoms with Crippen LogP contribution in [0.15, 0.2) is 69.9 Å². The lowest BCUT2D eigenvalue weighted by molar-refractivity contribution is 0.436. The second-order valence-corrected chi connectivity index (χ2v) is 7.38. The molecule has 0 bridgehead atoms. The number of aromatic nitrogens is 2. The summed E-state index contributed by atoms with van der Waals surface area (Å²) in [6.45, 7) is 0. The summed E-state index contributed by atoms with van der Waals surface area (Å²) in [6, 6.07) is 20.0. The van der Waals surface area contributed by atoms with Crippen molar-refractivity contribution in [1.82, 2.24) is 9.97 Å². The molecule has 4 aromatic rings. The number of aromatic amines is 1. The van der Waals surface area contributed by atoms with E-state index in [-0.39, 0.29) is 23.3 Å². The van der Waals surface area contributed by atoms with E-state index in [0.717, 1.165) is 26.4 Å². The predicted octanol–water partition coefficient (Wildman–Crippen LogP) is 4.55. The largest absolute Gasteiger partial charge is 0.437 e. The first-order valence-electron chi connectivity index (χ1n) is 8.46. The Morgan fingerprint density at radius 2 is 1.93 bits per heavy atom. The molecule has 1 atom stereocenters. The summed E-state index contributed by atoms with van der Waals surface area (Å²) in [7, 11) is 0. The van der Waals surface area contributed by atoms with Crippen molar-refractivity contribution < 1.29 is 4.74 Å². The number of H-pyrrole nitrogens is 1. The third-order valence-electron chi connectivity index (χ3n) is 4.83. The van der Waals surface area contributed by atoms with Crippen LogP contribution in [-0.4, -0.2) is 9.97 Å². The molecule has 132 valence electrons. The Hall–Kier alpha value is -3.12. The Kier molecular flexibility index (Phi) is 3.55. The van der Waals surface area contributed by atoms with Crippen molar-refractivity contribution >= 4 is 32.7 Å². The van der Waals surface area contributed by atoms with E-state index < -0.39 is 0 Å². The third kappa shape index (κ3) is 2.52. The molecule has 5 rings (SSSR count). The molecule has 0 aliphatic carbocycles. The molecule has 27 heavy (non-hydrogen) atoms. The molecule has 0 saturated carbocycles. The van der Waals surface area contributed by atoms with Crippen molar-refractivity contribution in [2.24, 2.45) is 0 Å². The van der Waals surface area contributed by atoms with Crippen LogP contribution in [0.1, 0.15) is 22.6 Å². The fourth-order valence-electron chi connectivity index (χ4n) is 3.70. The molecule has 5 nitrogen and oxygen atoms in total. The number of nitrogens with two attached hydrogens (primary N) is 1. The Morgan fingerprint density at radius 1 is 1.07 bits per heavy atom. The van der Waals surface area contributed by atoms with Gasteiger partial charge in [0.1, 0.15) is 5.75 Å². The number of nitrogen functional groups attached to an aromatic ring is 1. The van der Waals surface area contributed by atoms with E-state index in [9.17, 15) is 4.79 Å². The van der Waals surface area contributed by atoms with E-state index >= 15 is 0 Å². The Bertz CT molecular complexity index is 1270. The maximum absolute atomic E-state index is 12.8. The highest BCUT2D eigenvalue weighted by atomic mass is 79.9. The lowest BCUT2D eigenvalue weighted by atomic mass is 9.83. The number of nitrogens with one attached hydrogen (secondary N) is 1. The van der Waals surface area contributed by atoms with Gasteiger partial charge in [0.2, 0.25) is 11.8 Å². The number of hydrogen-bond acceptors (Lipinski definition) is 4. The van der Waals surface area contributed by atoms with E-state index in [1.165, 1.54) is 0 Å². The molecule has 0 fully saturated rings. The summed E-state index contributed by atoms with van der Waals surface area (Å²) in [5.41, 5.74) is 7.84. The number of benzene rings is 3. The molecule has 0 amide bonds.